The van der Waals surface area contributed by atoms with E-state index in [1.54, 1.807) is 20.1 Å². The van der Waals surface area contributed by atoms with Gasteiger partial charge in [0.1, 0.15) is 17.3 Å². The van der Waals surface area contributed by atoms with Crippen molar-refractivity contribution in [1.82, 2.24) is 5.32 Å². The summed E-state index contributed by atoms with van der Waals surface area (Å²) in [6, 6.07) is 9.25. The molecule has 0 radical (unpaired) electrons. The number of carbonyl (C=O) groups excluding carboxylic acids is 1. The van der Waals surface area contributed by atoms with Crippen LogP contribution in [0.4, 0.5) is 0 Å². The molecule has 0 unspecified atom stereocenters. The van der Waals surface area contributed by atoms with Crippen molar-refractivity contribution in [3.63, 3.8) is 0 Å². The maximum atomic E-state index is 12.3. The molecule has 1 amide bonds. The zero-order chi connectivity index (χ0) is 14.7. The number of rotatable bonds is 4. The molecule has 2 rings (SSSR count). The van der Waals surface area contributed by atoms with E-state index in [1.807, 2.05) is 38.1 Å². The normalized spacial score (nSPS) is 12.0. The topological polar surface area (TPSA) is 51.5 Å². The van der Waals surface area contributed by atoms with Gasteiger partial charge in [-0.15, -0.1) is 0 Å². The summed E-state index contributed by atoms with van der Waals surface area (Å²) in [6.07, 6.45) is 0. The predicted molar refractivity (Wildman–Crippen MR) is 77.1 cm³/mol. The molecule has 0 aliphatic rings. The van der Waals surface area contributed by atoms with Gasteiger partial charge in [0.15, 0.2) is 0 Å². The van der Waals surface area contributed by atoms with Crippen LogP contribution in [0, 0.1) is 13.8 Å². The van der Waals surface area contributed by atoms with E-state index in [0.29, 0.717) is 11.3 Å². The number of benzene rings is 1. The van der Waals surface area contributed by atoms with Crippen LogP contribution in [-0.4, -0.2) is 13.0 Å². The Hall–Kier alpha value is -2.23. The van der Waals surface area contributed by atoms with Crippen molar-refractivity contribution in [2.45, 2.75) is 26.8 Å². The van der Waals surface area contributed by atoms with Gasteiger partial charge in [-0.3, -0.25) is 4.79 Å². The fourth-order valence-electron chi connectivity index (χ4n) is 2.23. The second kappa shape index (κ2) is 5.82. The van der Waals surface area contributed by atoms with Crippen molar-refractivity contribution in [3.05, 3.63) is 53.0 Å². The van der Waals surface area contributed by atoms with E-state index in [0.717, 1.165) is 17.1 Å². The first-order valence-corrected chi connectivity index (χ1v) is 6.53. The third kappa shape index (κ3) is 2.85. The summed E-state index contributed by atoms with van der Waals surface area (Å²) < 4.78 is 10.7. The average Bonchev–Trinajstić information content (AvgIpc) is 2.77. The second-order valence-electron chi connectivity index (χ2n) is 4.76. The lowest BCUT2D eigenvalue weighted by Gasteiger charge is -2.17. The minimum absolute atomic E-state index is 0.141. The van der Waals surface area contributed by atoms with Crippen LogP contribution in [0.15, 0.2) is 34.7 Å². The molecule has 1 heterocycles. The quantitative estimate of drug-likeness (QED) is 0.929. The number of aryl methyl sites for hydroxylation is 2. The Morgan fingerprint density at radius 3 is 2.60 bits per heavy atom. The maximum absolute atomic E-state index is 12.3. The van der Waals surface area contributed by atoms with Gasteiger partial charge in [0.25, 0.3) is 5.91 Å². The van der Waals surface area contributed by atoms with Gasteiger partial charge in [0.05, 0.1) is 18.7 Å². The number of carbonyl (C=O) groups is 1. The van der Waals surface area contributed by atoms with Crippen molar-refractivity contribution in [2.75, 3.05) is 7.11 Å². The minimum Gasteiger partial charge on any atom is -0.496 e. The van der Waals surface area contributed by atoms with Crippen LogP contribution >= 0.6 is 0 Å². The predicted octanol–water partition coefficient (Wildman–Crippen LogP) is 3.40. The van der Waals surface area contributed by atoms with Gasteiger partial charge in [-0.1, -0.05) is 18.2 Å². The number of para-hydroxylation sites is 1. The number of hydrogen-bond acceptors (Lipinski definition) is 3. The number of hydrogen-bond donors (Lipinski definition) is 1. The first-order chi connectivity index (χ1) is 9.52. The SMILES string of the molecule is COc1ccccc1[C@H](C)NC(=O)c1cc(C)oc1C. The van der Waals surface area contributed by atoms with E-state index in [2.05, 4.69) is 5.32 Å². The summed E-state index contributed by atoms with van der Waals surface area (Å²) in [5.74, 6) is 1.99. The molecule has 4 nitrogen and oxygen atoms in total. The lowest BCUT2D eigenvalue weighted by Crippen LogP contribution is -2.27. The average molecular weight is 273 g/mol. The van der Waals surface area contributed by atoms with Crippen LogP contribution < -0.4 is 10.1 Å². The fraction of sp³-hybridized carbons (Fsp3) is 0.312. The maximum Gasteiger partial charge on any atom is 0.255 e. The van der Waals surface area contributed by atoms with Crippen LogP contribution in [0.1, 0.15) is 40.4 Å². The lowest BCUT2D eigenvalue weighted by atomic mass is 10.1. The third-order valence-electron chi connectivity index (χ3n) is 3.24. The van der Waals surface area contributed by atoms with E-state index in [-0.39, 0.29) is 11.9 Å². The van der Waals surface area contributed by atoms with Gasteiger partial charge in [0, 0.05) is 5.56 Å². The molecule has 0 spiro atoms. The van der Waals surface area contributed by atoms with Crippen molar-refractivity contribution in [2.24, 2.45) is 0 Å². The molecule has 20 heavy (non-hydrogen) atoms. The number of amides is 1. The Morgan fingerprint density at radius 2 is 2.00 bits per heavy atom. The molecule has 0 fully saturated rings. The summed E-state index contributed by atoms with van der Waals surface area (Å²) in [5.41, 5.74) is 1.52. The highest BCUT2D eigenvalue weighted by Gasteiger charge is 2.18. The molecule has 1 aromatic heterocycles. The number of nitrogens with one attached hydrogen (secondary N) is 1. The van der Waals surface area contributed by atoms with Crippen LogP contribution in [0.3, 0.4) is 0 Å². The highest BCUT2D eigenvalue weighted by Crippen LogP contribution is 2.25. The molecule has 0 saturated carbocycles. The Bertz CT molecular complexity index is 616. The van der Waals surface area contributed by atoms with Gasteiger partial charge in [-0.05, 0) is 32.9 Å². The summed E-state index contributed by atoms with van der Waals surface area (Å²) >= 11 is 0. The number of ether oxygens (including phenoxy) is 1. The van der Waals surface area contributed by atoms with Crippen LogP contribution in [0.2, 0.25) is 0 Å². The second-order valence-corrected chi connectivity index (χ2v) is 4.76. The molecule has 1 aromatic carbocycles. The third-order valence-corrected chi connectivity index (χ3v) is 3.24. The number of furan rings is 1. The molecular formula is C16H19NO3. The molecule has 0 saturated heterocycles. The lowest BCUT2D eigenvalue weighted by molar-refractivity contribution is 0.0938. The van der Waals surface area contributed by atoms with Crippen LogP contribution in [-0.2, 0) is 0 Å². The zero-order valence-electron chi connectivity index (χ0n) is 12.2. The van der Waals surface area contributed by atoms with Crippen LogP contribution in [0.25, 0.3) is 0 Å². The molecule has 4 heteroatoms. The molecule has 1 N–H and O–H groups in total. The van der Waals surface area contributed by atoms with Gasteiger partial charge in [-0.25, -0.2) is 0 Å². The minimum atomic E-state index is -0.145. The van der Waals surface area contributed by atoms with Crippen molar-refractivity contribution in [1.29, 1.82) is 0 Å². The van der Waals surface area contributed by atoms with E-state index in [4.69, 9.17) is 9.15 Å². The summed E-state index contributed by atoms with van der Waals surface area (Å²) in [5, 5.41) is 2.96. The standard InChI is InChI=1S/C16H19NO3/c1-10-9-14(12(3)20-10)16(18)17-11(2)13-7-5-6-8-15(13)19-4/h5-9,11H,1-4H3,(H,17,18)/t11-/m0/s1. The molecule has 1 atom stereocenters. The first-order valence-electron chi connectivity index (χ1n) is 6.53. The smallest absolute Gasteiger partial charge is 0.255 e. The Labute approximate surface area is 118 Å². The van der Waals surface area contributed by atoms with Crippen LogP contribution in [0.5, 0.6) is 5.75 Å². The molecule has 0 aliphatic carbocycles. The Balaban J connectivity index is 2.17. The highest BCUT2D eigenvalue weighted by molar-refractivity contribution is 5.95. The zero-order valence-corrected chi connectivity index (χ0v) is 12.2. The van der Waals surface area contributed by atoms with E-state index in [9.17, 15) is 4.79 Å². The van der Waals surface area contributed by atoms with Gasteiger partial charge < -0.3 is 14.5 Å². The molecule has 106 valence electrons. The summed E-state index contributed by atoms with van der Waals surface area (Å²) in [4.78, 5) is 12.3. The summed E-state index contributed by atoms with van der Waals surface area (Å²) in [7, 11) is 1.62. The molecular weight excluding hydrogens is 254 g/mol. The van der Waals surface area contributed by atoms with Crippen molar-refractivity contribution in [3.8, 4) is 5.75 Å². The molecule has 2 aromatic rings. The highest BCUT2D eigenvalue weighted by atomic mass is 16.5. The Morgan fingerprint density at radius 1 is 1.30 bits per heavy atom. The van der Waals surface area contributed by atoms with E-state index < -0.39 is 0 Å². The molecule has 0 aliphatic heterocycles. The van der Waals surface area contributed by atoms with E-state index >= 15 is 0 Å². The molecule has 0 bridgehead atoms. The van der Waals surface area contributed by atoms with Crippen molar-refractivity contribution < 1.29 is 13.9 Å². The van der Waals surface area contributed by atoms with Gasteiger partial charge in [-0.2, -0.15) is 0 Å². The first kappa shape index (κ1) is 14.2. The van der Waals surface area contributed by atoms with Gasteiger partial charge in [0.2, 0.25) is 0 Å². The monoisotopic (exact) mass is 273 g/mol. The van der Waals surface area contributed by atoms with Crippen molar-refractivity contribution >= 4 is 5.91 Å². The summed E-state index contributed by atoms with van der Waals surface area (Å²) in [6.45, 7) is 5.54. The number of methoxy groups -OCH3 is 1. The Kier molecular flexibility index (Phi) is 4.13. The van der Waals surface area contributed by atoms with E-state index in [1.165, 1.54) is 0 Å². The van der Waals surface area contributed by atoms with Gasteiger partial charge >= 0.3 is 0 Å². The fourth-order valence-corrected chi connectivity index (χ4v) is 2.23. The largest absolute Gasteiger partial charge is 0.496 e.